The van der Waals surface area contributed by atoms with Crippen molar-refractivity contribution in [3.63, 3.8) is 0 Å². The van der Waals surface area contributed by atoms with E-state index in [2.05, 4.69) is 5.43 Å². The first-order valence-corrected chi connectivity index (χ1v) is 6.04. The fraction of sp³-hybridized carbons (Fsp3) is 0.300. The second-order valence-electron chi connectivity index (χ2n) is 3.36. The minimum atomic E-state index is -4.66. The number of rotatable bonds is 3. The molecule has 0 aliphatic heterocycles. The Balaban J connectivity index is 3.32. The van der Waals surface area contributed by atoms with Gasteiger partial charge in [-0.05, 0) is 13.0 Å². The average Bonchev–Trinajstić information content (AvgIpc) is 2.33. The number of halogens is 6. The molecule has 1 N–H and O–H groups in total. The standard InChI is InChI=1S/C10H7Cl3F3N3/c1-2-19(4-17)18-9-6(11)3-5(10(14,15)16)7(12)8(9)13/h3,18H,2H2,1H3. The quantitative estimate of drug-likeness (QED) is 0.374. The van der Waals surface area contributed by atoms with Crippen LogP contribution < -0.4 is 5.43 Å². The number of hydrogen-bond acceptors (Lipinski definition) is 3. The van der Waals surface area contributed by atoms with Crippen molar-refractivity contribution in [3.8, 4) is 6.19 Å². The van der Waals surface area contributed by atoms with Gasteiger partial charge in [-0.1, -0.05) is 34.8 Å². The van der Waals surface area contributed by atoms with Gasteiger partial charge in [-0.2, -0.15) is 18.4 Å². The number of nitriles is 1. The minimum Gasteiger partial charge on any atom is -0.287 e. The van der Waals surface area contributed by atoms with Gasteiger partial charge in [0.15, 0.2) is 6.19 Å². The molecular weight excluding hydrogens is 325 g/mol. The molecule has 9 heteroatoms. The Labute approximate surface area is 122 Å². The Bertz CT molecular complexity index is 525. The molecule has 0 aromatic heterocycles. The highest BCUT2D eigenvalue weighted by atomic mass is 35.5. The molecule has 0 saturated heterocycles. The van der Waals surface area contributed by atoms with Gasteiger partial charge in [0.05, 0.1) is 26.3 Å². The topological polar surface area (TPSA) is 39.1 Å². The van der Waals surface area contributed by atoms with Crippen LogP contribution in [-0.2, 0) is 6.18 Å². The molecule has 1 aromatic carbocycles. The van der Waals surface area contributed by atoms with Crippen LogP contribution in [0.15, 0.2) is 6.07 Å². The number of anilines is 1. The number of benzene rings is 1. The van der Waals surface area contributed by atoms with Crippen molar-refractivity contribution in [2.24, 2.45) is 0 Å². The van der Waals surface area contributed by atoms with Crippen LogP contribution in [0, 0.1) is 11.5 Å². The lowest BCUT2D eigenvalue weighted by molar-refractivity contribution is -0.137. The molecule has 1 rings (SSSR count). The summed E-state index contributed by atoms with van der Waals surface area (Å²) < 4.78 is 38.0. The Hall–Kier alpha value is -1.03. The van der Waals surface area contributed by atoms with Crippen LogP contribution in [0.2, 0.25) is 15.1 Å². The number of nitrogens with one attached hydrogen (secondary N) is 1. The van der Waals surface area contributed by atoms with Crippen molar-refractivity contribution in [3.05, 3.63) is 26.7 Å². The Morgan fingerprint density at radius 3 is 2.32 bits per heavy atom. The lowest BCUT2D eigenvalue weighted by Gasteiger charge is -2.20. The minimum absolute atomic E-state index is 0.0512. The van der Waals surface area contributed by atoms with E-state index in [0.29, 0.717) is 6.07 Å². The molecule has 3 nitrogen and oxygen atoms in total. The molecule has 0 aliphatic rings. The van der Waals surface area contributed by atoms with Gasteiger partial charge in [0.25, 0.3) is 0 Å². The Morgan fingerprint density at radius 2 is 1.89 bits per heavy atom. The van der Waals surface area contributed by atoms with E-state index in [1.165, 1.54) is 0 Å². The van der Waals surface area contributed by atoms with Crippen molar-refractivity contribution >= 4 is 40.5 Å². The molecular formula is C10H7Cl3F3N3. The first kappa shape index (κ1) is 16.0. The lowest BCUT2D eigenvalue weighted by atomic mass is 10.2. The van der Waals surface area contributed by atoms with E-state index in [0.717, 1.165) is 5.01 Å². The molecule has 0 heterocycles. The van der Waals surface area contributed by atoms with E-state index in [-0.39, 0.29) is 17.3 Å². The SMILES string of the molecule is CCN(C#N)Nc1c(Cl)cc(C(F)(F)F)c(Cl)c1Cl. The van der Waals surface area contributed by atoms with Gasteiger partial charge in [0, 0.05) is 6.54 Å². The molecule has 0 spiro atoms. The fourth-order valence-corrected chi connectivity index (χ4v) is 2.01. The van der Waals surface area contributed by atoms with E-state index in [9.17, 15) is 13.2 Å². The molecule has 0 radical (unpaired) electrons. The van der Waals surface area contributed by atoms with Crippen molar-refractivity contribution in [1.29, 1.82) is 5.26 Å². The molecule has 1 aromatic rings. The number of alkyl halides is 3. The van der Waals surface area contributed by atoms with Crippen LogP contribution in [0.1, 0.15) is 12.5 Å². The van der Waals surface area contributed by atoms with Gasteiger partial charge in [0.1, 0.15) is 0 Å². The van der Waals surface area contributed by atoms with Crippen molar-refractivity contribution in [1.82, 2.24) is 5.01 Å². The maximum Gasteiger partial charge on any atom is 0.417 e. The average molecular weight is 333 g/mol. The van der Waals surface area contributed by atoms with Crippen LogP contribution in [0.5, 0.6) is 0 Å². The molecule has 0 unspecified atom stereocenters. The molecule has 104 valence electrons. The molecule has 0 saturated carbocycles. The second-order valence-corrected chi connectivity index (χ2v) is 4.53. The Kier molecular flexibility index (Phi) is 5.02. The Morgan fingerprint density at radius 1 is 1.32 bits per heavy atom. The summed E-state index contributed by atoms with van der Waals surface area (Å²) in [5, 5.41) is 8.43. The van der Waals surface area contributed by atoms with Gasteiger partial charge in [-0.3, -0.25) is 5.43 Å². The summed E-state index contributed by atoms with van der Waals surface area (Å²) in [5.41, 5.74) is 1.31. The van der Waals surface area contributed by atoms with Gasteiger partial charge in [0.2, 0.25) is 0 Å². The van der Waals surface area contributed by atoms with Crippen LogP contribution in [0.25, 0.3) is 0 Å². The molecule has 0 aliphatic carbocycles. The van der Waals surface area contributed by atoms with Gasteiger partial charge < -0.3 is 0 Å². The highest BCUT2D eigenvalue weighted by Gasteiger charge is 2.35. The predicted molar refractivity (Wildman–Crippen MR) is 68.1 cm³/mol. The lowest BCUT2D eigenvalue weighted by Crippen LogP contribution is -2.24. The van der Waals surface area contributed by atoms with E-state index < -0.39 is 21.8 Å². The first-order valence-electron chi connectivity index (χ1n) is 4.91. The van der Waals surface area contributed by atoms with Gasteiger partial charge in [-0.15, -0.1) is 0 Å². The van der Waals surface area contributed by atoms with Crippen LogP contribution in [0.4, 0.5) is 18.9 Å². The maximum absolute atomic E-state index is 12.7. The normalized spacial score (nSPS) is 11.1. The van der Waals surface area contributed by atoms with Crippen molar-refractivity contribution in [2.45, 2.75) is 13.1 Å². The monoisotopic (exact) mass is 331 g/mol. The molecule has 19 heavy (non-hydrogen) atoms. The van der Waals surface area contributed by atoms with Gasteiger partial charge >= 0.3 is 6.18 Å². The highest BCUT2D eigenvalue weighted by Crippen LogP contribution is 2.44. The molecule has 0 bridgehead atoms. The summed E-state index contributed by atoms with van der Waals surface area (Å²) in [7, 11) is 0. The predicted octanol–water partition coefficient (Wildman–Crippen LogP) is 4.80. The van der Waals surface area contributed by atoms with Crippen LogP contribution in [-0.4, -0.2) is 11.6 Å². The third-order valence-corrected chi connectivity index (χ3v) is 3.31. The highest BCUT2D eigenvalue weighted by molar-refractivity contribution is 6.46. The zero-order chi connectivity index (χ0) is 14.8. The number of nitrogens with zero attached hydrogens (tertiary/aromatic N) is 2. The number of hydrazine groups is 1. The van der Waals surface area contributed by atoms with Crippen LogP contribution in [0.3, 0.4) is 0 Å². The summed E-state index contributed by atoms with van der Waals surface area (Å²) >= 11 is 17.1. The van der Waals surface area contributed by atoms with E-state index >= 15 is 0 Å². The molecule has 0 atom stereocenters. The largest absolute Gasteiger partial charge is 0.417 e. The van der Waals surface area contributed by atoms with Gasteiger partial charge in [-0.25, -0.2) is 5.01 Å². The summed E-state index contributed by atoms with van der Waals surface area (Å²) in [6.45, 7) is 1.92. The van der Waals surface area contributed by atoms with E-state index in [4.69, 9.17) is 40.1 Å². The molecule has 0 amide bonds. The van der Waals surface area contributed by atoms with E-state index in [1.54, 1.807) is 13.1 Å². The maximum atomic E-state index is 12.7. The number of hydrogen-bond donors (Lipinski definition) is 1. The molecule has 0 fully saturated rings. The van der Waals surface area contributed by atoms with Crippen molar-refractivity contribution < 1.29 is 13.2 Å². The summed E-state index contributed by atoms with van der Waals surface area (Å²) in [6, 6.07) is 0.656. The van der Waals surface area contributed by atoms with E-state index in [1.807, 2.05) is 0 Å². The third-order valence-electron chi connectivity index (χ3n) is 2.15. The van der Waals surface area contributed by atoms with Crippen LogP contribution >= 0.6 is 34.8 Å². The summed E-state index contributed by atoms with van der Waals surface area (Å²) in [4.78, 5) is 0. The third kappa shape index (κ3) is 3.50. The summed E-state index contributed by atoms with van der Waals surface area (Å²) in [5.74, 6) is 0. The zero-order valence-corrected chi connectivity index (χ0v) is 11.7. The second kappa shape index (κ2) is 5.95. The zero-order valence-electron chi connectivity index (χ0n) is 9.45. The first-order chi connectivity index (χ1) is 8.72. The van der Waals surface area contributed by atoms with Crippen molar-refractivity contribution in [2.75, 3.05) is 12.0 Å². The summed E-state index contributed by atoms with van der Waals surface area (Å²) in [6.07, 6.45) is -2.91. The smallest absolute Gasteiger partial charge is 0.287 e. The fourth-order valence-electron chi connectivity index (χ4n) is 1.21.